The van der Waals surface area contributed by atoms with Gasteiger partial charge in [-0.3, -0.25) is 9.59 Å². The van der Waals surface area contributed by atoms with Crippen LogP contribution in [-0.2, 0) is 9.59 Å². The smallest absolute Gasteiger partial charge is 0.243 e. The SMILES string of the molecule is CCCC(N)C(=O)N(CCC(N)=O)c1cccc(C)c1.Cl. The standard InChI is InChI=1S/C15H23N3O2.ClH/c1-3-5-13(16)15(20)18(9-8-14(17)19)12-7-4-6-11(2)10-12;/h4,6-7,10,13H,3,5,8-9,16H2,1-2H3,(H2,17,19);1H. The summed E-state index contributed by atoms with van der Waals surface area (Å²) in [6, 6.07) is 7.02. The Labute approximate surface area is 132 Å². The predicted octanol–water partition coefficient (Wildman–Crippen LogP) is 1.75. The molecule has 0 heterocycles. The molecule has 0 aliphatic carbocycles. The average Bonchev–Trinajstić information content (AvgIpc) is 2.38. The Hall–Kier alpha value is -1.59. The van der Waals surface area contributed by atoms with Crippen LogP contribution in [0.5, 0.6) is 0 Å². The third-order valence-corrected chi connectivity index (χ3v) is 3.08. The number of hydrogen-bond donors (Lipinski definition) is 2. The Kier molecular flexibility index (Phi) is 8.66. The summed E-state index contributed by atoms with van der Waals surface area (Å²) in [6.07, 6.45) is 1.58. The molecule has 0 saturated heterocycles. The van der Waals surface area contributed by atoms with Crippen molar-refractivity contribution in [3.8, 4) is 0 Å². The molecule has 1 aromatic rings. The number of carbonyl (C=O) groups is 2. The van der Waals surface area contributed by atoms with Gasteiger partial charge < -0.3 is 16.4 Å². The zero-order chi connectivity index (χ0) is 15.1. The molecular weight excluding hydrogens is 290 g/mol. The molecule has 0 spiro atoms. The molecule has 0 aliphatic heterocycles. The first-order chi connectivity index (χ1) is 9.45. The van der Waals surface area contributed by atoms with Gasteiger partial charge in [0.15, 0.2) is 0 Å². The lowest BCUT2D eigenvalue weighted by Crippen LogP contribution is -2.45. The highest BCUT2D eigenvalue weighted by atomic mass is 35.5. The van der Waals surface area contributed by atoms with Gasteiger partial charge >= 0.3 is 0 Å². The normalized spacial score (nSPS) is 11.4. The van der Waals surface area contributed by atoms with E-state index in [2.05, 4.69) is 0 Å². The first kappa shape index (κ1) is 19.4. The fourth-order valence-electron chi connectivity index (χ4n) is 2.02. The van der Waals surface area contributed by atoms with Crippen LogP contribution in [0.25, 0.3) is 0 Å². The highest BCUT2D eigenvalue weighted by molar-refractivity contribution is 5.97. The third-order valence-electron chi connectivity index (χ3n) is 3.08. The summed E-state index contributed by atoms with van der Waals surface area (Å²) in [7, 11) is 0. The third kappa shape index (κ3) is 6.14. The number of rotatable bonds is 7. The molecule has 2 amide bonds. The van der Waals surface area contributed by atoms with E-state index < -0.39 is 11.9 Å². The van der Waals surface area contributed by atoms with Crippen LogP contribution in [0.15, 0.2) is 24.3 Å². The van der Waals surface area contributed by atoms with Crippen molar-refractivity contribution in [1.29, 1.82) is 0 Å². The maximum atomic E-state index is 12.4. The molecule has 0 saturated carbocycles. The summed E-state index contributed by atoms with van der Waals surface area (Å²) in [6.45, 7) is 4.19. The first-order valence-electron chi connectivity index (χ1n) is 6.87. The van der Waals surface area contributed by atoms with E-state index in [-0.39, 0.29) is 31.3 Å². The summed E-state index contributed by atoms with van der Waals surface area (Å²) in [5.41, 5.74) is 12.9. The summed E-state index contributed by atoms with van der Waals surface area (Å²) in [5.74, 6) is -0.599. The summed E-state index contributed by atoms with van der Waals surface area (Å²) in [5, 5.41) is 0. The number of nitrogens with zero attached hydrogens (tertiary/aromatic N) is 1. The van der Waals surface area contributed by atoms with E-state index in [1.807, 2.05) is 38.1 Å². The van der Waals surface area contributed by atoms with Crippen molar-refractivity contribution in [2.75, 3.05) is 11.4 Å². The topological polar surface area (TPSA) is 89.4 Å². The van der Waals surface area contributed by atoms with Gasteiger partial charge in [0.2, 0.25) is 11.8 Å². The minimum absolute atomic E-state index is 0. The highest BCUT2D eigenvalue weighted by Gasteiger charge is 2.22. The molecule has 1 atom stereocenters. The zero-order valence-corrected chi connectivity index (χ0v) is 13.4. The quantitative estimate of drug-likeness (QED) is 0.803. The number of aryl methyl sites for hydroxylation is 1. The van der Waals surface area contributed by atoms with Crippen LogP contribution in [0.4, 0.5) is 5.69 Å². The highest BCUT2D eigenvalue weighted by Crippen LogP contribution is 2.18. The summed E-state index contributed by atoms with van der Waals surface area (Å²) in [4.78, 5) is 24.9. The Morgan fingerprint density at radius 2 is 2.00 bits per heavy atom. The van der Waals surface area contributed by atoms with Crippen LogP contribution in [0.2, 0.25) is 0 Å². The lowest BCUT2D eigenvalue weighted by atomic mass is 10.1. The second-order valence-electron chi connectivity index (χ2n) is 4.94. The zero-order valence-electron chi connectivity index (χ0n) is 12.5. The Morgan fingerprint density at radius 1 is 1.33 bits per heavy atom. The van der Waals surface area contributed by atoms with E-state index >= 15 is 0 Å². The van der Waals surface area contributed by atoms with E-state index in [0.29, 0.717) is 6.42 Å². The van der Waals surface area contributed by atoms with Gasteiger partial charge in [0, 0.05) is 18.7 Å². The molecule has 1 rings (SSSR count). The number of halogens is 1. The number of hydrogen-bond acceptors (Lipinski definition) is 3. The minimum Gasteiger partial charge on any atom is -0.370 e. The van der Waals surface area contributed by atoms with Gasteiger partial charge in [0.05, 0.1) is 6.04 Å². The number of amides is 2. The largest absolute Gasteiger partial charge is 0.370 e. The fraction of sp³-hybridized carbons (Fsp3) is 0.467. The predicted molar refractivity (Wildman–Crippen MR) is 87.5 cm³/mol. The Morgan fingerprint density at radius 3 is 2.52 bits per heavy atom. The lowest BCUT2D eigenvalue weighted by Gasteiger charge is -2.25. The van der Waals surface area contributed by atoms with Crippen molar-refractivity contribution in [2.45, 2.75) is 39.2 Å². The fourth-order valence-corrected chi connectivity index (χ4v) is 2.02. The van der Waals surface area contributed by atoms with Crippen LogP contribution in [0, 0.1) is 6.92 Å². The van der Waals surface area contributed by atoms with Crippen molar-refractivity contribution in [3.63, 3.8) is 0 Å². The first-order valence-corrected chi connectivity index (χ1v) is 6.87. The van der Waals surface area contributed by atoms with Crippen LogP contribution in [0.1, 0.15) is 31.7 Å². The van der Waals surface area contributed by atoms with Gasteiger partial charge in [-0.1, -0.05) is 25.5 Å². The molecule has 0 aliphatic rings. The Bertz CT molecular complexity index is 480. The Balaban J connectivity index is 0.00000400. The molecule has 21 heavy (non-hydrogen) atoms. The van der Waals surface area contributed by atoms with Crippen molar-refractivity contribution >= 4 is 29.9 Å². The van der Waals surface area contributed by atoms with Gasteiger partial charge in [-0.2, -0.15) is 0 Å². The van der Waals surface area contributed by atoms with E-state index in [9.17, 15) is 9.59 Å². The molecule has 4 N–H and O–H groups in total. The van der Waals surface area contributed by atoms with Crippen LogP contribution >= 0.6 is 12.4 Å². The second kappa shape index (κ2) is 9.37. The van der Waals surface area contributed by atoms with Gasteiger partial charge in [0.25, 0.3) is 0 Å². The molecule has 0 aromatic heterocycles. The van der Waals surface area contributed by atoms with Crippen molar-refractivity contribution < 1.29 is 9.59 Å². The van der Waals surface area contributed by atoms with Crippen LogP contribution < -0.4 is 16.4 Å². The number of primary amides is 1. The molecule has 1 aromatic carbocycles. The minimum atomic E-state index is -0.548. The summed E-state index contributed by atoms with van der Waals surface area (Å²) < 4.78 is 0. The number of anilines is 1. The van der Waals surface area contributed by atoms with Gasteiger partial charge in [-0.25, -0.2) is 0 Å². The molecule has 0 fully saturated rings. The maximum absolute atomic E-state index is 12.4. The van der Waals surface area contributed by atoms with E-state index in [1.165, 1.54) is 0 Å². The number of nitrogens with two attached hydrogens (primary N) is 2. The van der Waals surface area contributed by atoms with Crippen molar-refractivity contribution in [2.24, 2.45) is 11.5 Å². The van der Waals surface area contributed by atoms with E-state index in [0.717, 1.165) is 17.7 Å². The van der Waals surface area contributed by atoms with Crippen LogP contribution in [0.3, 0.4) is 0 Å². The number of benzene rings is 1. The van der Waals surface area contributed by atoms with Gasteiger partial charge in [-0.05, 0) is 31.0 Å². The molecule has 0 radical (unpaired) electrons. The van der Waals surface area contributed by atoms with Crippen LogP contribution in [-0.4, -0.2) is 24.4 Å². The van der Waals surface area contributed by atoms with E-state index in [4.69, 9.17) is 11.5 Å². The second-order valence-corrected chi connectivity index (χ2v) is 4.94. The molecular formula is C15H24ClN3O2. The number of carbonyl (C=O) groups excluding carboxylic acids is 2. The average molecular weight is 314 g/mol. The molecule has 1 unspecified atom stereocenters. The van der Waals surface area contributed by atoms with Crippen molar-refractivity contribution in [1.82, 2.24) is 0 Å². The molecule has 118 valence electrons. The summed E-state index contributed by atoms with van der Waals surface area (Å²) >= 11 is 0. The molecule has 0 bridgehead atoms. The molecule has 6 heteroatoms. The van der Waals surface area contributed by atoms with E-state index in [1.54, 1.807) is 4.90 Å². The monoisotopic (exact) mass is 313 g/mol. The lowest BCUT2D eigenvalue weighted by molar-refractivity contribution is -0.120. The maximum Gasteiger partial charge on any atom is 0.243 e. The molecule has 5 nitrogen and oxygen atoms in total. The van der Waals surface area contributed by atoms with Gasteiger partial charge in [0.1, 0.15) is 0 Å². The van der Waals surface area contributed by atoms with Crippen molar-refractivity contribution in [3.05, 3.63) is 29.8 Å². The van der Waals surface area contributed by atoms with Gasteiger partial charge in [-0.15, -0.1) is 12.4 Å².